The molecule has 1 unspecified atom stereocenters. The van der Waals surface area contributed by atoms with Gasteiger partial charge in [0.1, 0.15) is 11.9 Å². The molecule has 1 saturated carbocycles. The Hall–Kier alpha value is -1.78. The number of carbonyl (C=O) groups is 1. The monoisotopic (exact) mass is 262 g/mol. The van der Waals surface area contributed by atoms with Crippen LogP contribution in [-0.4, -0.2) is 29.6 Å². The zero-order chi connectivity index (χ0) is 13.2. The van der Waals surface area contributed by atoms with Gasteiger partial charge >= 0.3 is 0 Å². The number of nitrogens with one attached hydrogen (secondary N) is 1. The maximum absolute atomic E-state index is 11.4. The molecule has 0 spiro atoms. The van der Waals surface area contributed by atoms with Crippen LogP contribution in [0.4, 0.5) is 0 Å². The van der Waals surface area contributed by atoms with E-state index in [1.807, 2.05) is 0 Å². The zero-order valence-corrected chi connectivity index (χ0v) is 11.0. The highest BCUT2D eigenvalue weighted by molar-refractivity contribution is 5.83. The maximum atomic E-state index is 11.4. The first-order chi connectivity index (χ1) is 9.22. The van der Waals surface area contributed by atoms with Crippen molar-refractivity contribution >= 4 is 5.91 Å². The van der Waals surface area contributed by atoms with Gasteiger partial charge in [-0.2, -0.15) is 0 Å². The molecular weight excluding hydrogens is 244 g/mol. The van der Waals surface area contributed by atoms with Crippen LogP contribution in [0.25, 0.3) is 0 Å². The molecule has 2 heterocycles. The topological polar surface area (TPSA) is 60.5 Å². The van der Waals surface area contributed by atoms with E-state index in [4.69, 9.17) is 9.47 Å². The maximum Gasteiger partial charge on any atom is 0.261 e. The van der Waals surface area contributed by atoms with Gasteiger partial charge in [0.25, 0.3) is 5.91 Å². The lowest BCUT2D eigenvalue weighted by Gasteiger charge is -2.14. The molecule has 5 nitrogen and oxygen atoms in total. The number of carbonyl (C=O) groups excluding carboxylic acids is 1. The van der Waals surface area contributed by atoms with Gasteiger partial charge in [0.15, 0.2) is 6.10 Å². The Morgan fingerprint density at radius 1 is 1.37 bits per heavy atom. The molecule has 1 aliphatic carbocycles. The fourth-order valence-corrected chi connectivity index (χ4v) is 2.21. The van der Waals surface area contributed by atoms with Crippen molar-refractivity contribution in [2.45, 2.75) is 38.4 Å². The van der Waals surface area contributed by atoms with Crippen LogP contribution in [0.3, 0.4) is 0 Å². The van der Waals surface area contributed by atoms with Gasteiger partial charge in [-0.3, -0.25) is 4.79 Å². The van der Waals surface area contributed by atoms with Crippen LogP contribution in [0.5, 0.6) is 11.6 Å². The third kappa shape index (κ3) is 2.97. The highest BCUT2D eigenvalue weighted by Crippen LogP contribution is 2.34. The van der Waals surface area contributed by atoms with Crippen LogP contribution in [0.15, 0.2) is 18.3 Å². The summed E-state index contributed by atoms with van der Waals surface area (Å²) in [6.45, 7) is 2.75. The number of hydrogen-bond acceptors (Lipinski definition) is 4. The van der Waals surface area contributed by atoms with Crippen LogP contribution < -0.4 is 14.8 Å². The Bertz CT molecular complexity index is 456. The molecule has 1 saturated heterocycles. The van der Waals surface area contributed by atoms with Crippen LogP contribution in [-0.2, 0) is 4.79 Å². The predicted octanol–water partition coefficient (Wildman–Crippen LogP) is 1.53. The van der Waals surface area contributed by atoms with Crippen LogP contribution >= 0.6 is 0 Å². The molecule has 0 aromatic carbocycles. The normalized spacial score (nSPS) is 23.8. The average molecular weight is 262 g/mol. The number of amides is 1. The first-order valence-corrected chi connectivity index (χ1v) is 6.79. The first-order valence-electron chi connectivity index (χ1n) is 6.79. The minimum absolute atomic E-state index is 0.0531. The summed E-state index contributed by atoms with van der Waals surface area (Å²) in [4.78, 5) is 15.6. The van der Waals surface area contributed by atoms with Crippen molar-refractivity contribution in [3.05, 3.63) is 18.3 Å². The summed E-state index contributed by atoms with van der Waals surface area (Å²) in [6.07, 6.45) is 4.65. The zero-order valence-electron chi connectivity index (χ0n) is 11.0. The molecule has 1 aromatic rings. The molecule has 2 fully saturated rings. The van der Waals surface area contributed by atoms with E-state index in [0.717, 1.165) is 0 Å². The number of aromatic nitrogens is 1. The van der Waals surface area contributed by atoms with Crippen LogP contribution in [0.2, 0.25) is 0 Å². The molecule has 1 aromatic heterocycles. The molecule has 2 aliphatic rings. The number of hydrogen-bond donors (Lipinski definition) is 1. The Morgan fingerprint density at radius 3 is 2.79 bits per heavy atom. The second-order valence-corrected chi connectivity index (χ2v) is 5.18. The van der Waals surface area contributed by atoms with E-state index >= 15 is 0 Å². The van der Waals surface area contributed by atoms with Crippen molar-refractivity contribution in [3.8, 4) is 11.6 Å². The lowest BCUT2D eigenvalue weighted by Crippen LogP contribution is -2.27. The summed E-state index contributed by atoms with van der Waals surface area (Å²) in [5.41, 5.74) is 0. The average Bonchev–Trinajstić information content (AvgIpc) is 3.18. The second kappa shape index (κ2) is 5.07. The molecule has 0 radical (unpaired) electrons. The summed E-state index contributed by atoms with van der Waals surface area (Å²) in [6, 6.07) is 3.59. The van der Waals surface area contributed by atoms with Gasteiger partial charge in [-0.1, -0.05) is 0 Å². The molecule has 19 heavy (non-hydrogen) atoms. The molecule has 102 valence electrons. The fraction of sp³-hybridized carbons (Fsp3) is 0.571. The van der Waals surface area contributed by atoms with E-state index in [2.05, 4.69) is 17.2 Å². The van der Waals surface area contributed by atoms with Crippen LogP contribution in [0, 0.1) is 5.92 Å². The van der Waals surface area contributed by atoms with E-state index < -0.39 is 0 Å². The number of rotatable bonds is 5. The summed E-state index contributed by atoms with van der Waals surface area (Å²) in [5, 5.41) is 2.74. The minimum atomic E-state index is -0.390. The van der Waals surface area contributed by atoms with Crippen molar-refractivity contribution in [1.82, 2.24) is 10.3 Å². The molecular formula is C14H18N2O3. The summed E-state index contributed by atoms with van der Waals surface area (Å²) >= 11 is 0. The molecule has 2 atom stereocenters. The lowest BCUT2D eigenvalue weighted by atomic mass is 10.3. The van der Waals surface area contributed by atoms with E-state index in [9.17, 15) is 4.79 Å². The third-order valence-electron chi connectivity index (χ3n) is 3.58. The SMILES string of the molecule is CC(Oc1ccc(O[C@@H]2CCNC2=O)cn1)C1CC1. The van der Waals surface area contributed by atoms with Crippen LogP contribution in [0.1, 0.15) is 26.2 Å². The summed E-state index contributed by atoms with van der Waals surface area (Å²) < 4.78 is 11.3. The number of ether oxygens (including phenoxy) is 2. The van der Waals surface area contributed by atoms with Gasteiger partial charge in [-0.15, -0.1) is 0 Å². The van der Waals surface area contributed by atoms with Gasteiger partial charge in [0.2, 0.25) is 5.88 Å². The highest BCUT2D eigenvalue weighted by Gasteiger charge is 2.30. The van der Waals surface area contributed by atoms with E-state index in [-0.39, 0.29) is 18.1 Å². The second-order valence-electron chi connectivity index (χ2n) is 5.18. The molecule has 0 bridgehead atoms. The molecule has 1 amide bonds. The molecule has 5 heteroatoms. The molecule has 1 aliphatic heterocycles. The minimum Gasteiger partial charge on any atom is -0.479 e. The van der Waals surface area contributed by atoms with Crippen molar-refractivity contribution < 1.29 is 14.3 Å². The van der Waals surface area contributed by atoms with E-state index in [1.54, 1.807) is 18.3 Å². The largest absolute Gasteiger partial charge is 0.479 e. The van der Waals surface area contributed by atoms with Gasteiger partial charge in [-0.05, 0) is 31.7 Å². The Labute approximate surface area is 112 Å². The molecule has 3 rings (SSSR count). The van der Waals surface area contributed by atoms with Gasteiger partial charge in [0, 0.05) is 19.0 Å². The quantitative estimate of drug-likeness (QED) is 0.874. The predicted molar refractivity (Wildman–Crippen MR) is 69.1 cm³/mol. The third-order valence-corrected chi connectivity index (χ3v) is 3.58. The summed E-state index contributed by atoms with van der Waals surface area (Å²) in [7, 11) is 0. The standard InChI is InChI=1S/C14H18N2O3/c1-9(10-2-3-10)18-13-5-4-11(8-16-13)19-12-6-7-15-14(12)17/h4-5,8-10,12H,2-3,6-7H2,1H3,(H,15,17)/t9?,12-/m1/s1. The molecule has 1 N–H and O–H groups in total. The Morgan fingerprint density at radius 2 is 2.21 bits per heavy atom. The van der Waals surface area contributed by atoms with E-state index in [1.165, 1.54) is 12.8 Å². The number of nitrogens with zero attached hydrogens (tertiary/aromatic N) is 1. The van der Waals surface area contributed by atoms with Gasteiger partial charge < -0.3 is 14.8 Å². The summed E-state index contributed by atoms with van der Waals surface area (Å²) in [5.74, 6) is 1.85. The fourth-order valence-electron chi connectivity index (χ4n) is 2.21. The van der Waals surface area contributed by atoms with Gasteiger partial charge in [0.05, 0.1) is 6.20 Å². The smallest absolute Gasteiger partial charge is 0.261 e. The van der Waals surface area contributed by atoms with Gasteiger partial charge in [-0.25, -0.2) is 4.98 Å². The first kappa shape index (κ1) is 12.3. The lowest BCUT2D eigenvalue weighted by molar-refractivity contribution is -0.124. The van der Waals surface area contributed by atoms with Crippen molar-refractivity contribution in [2.75, 3.05) is 6.54 Å². The number of pyridine rings is 1. The van der Waals surface area contributed by atoms with Crippen molar-refractivity contribution in [2.24, 2.45) is 5.92 Å². The highest BCUT2D eigenvalue weighted by atomic mass is 16.5. The van der Waals surface area contributed by atoms with Crippen molar-refractivity contribution in [1.29, 1.82) is 0 Å². The Kier molecular flexibility index (Phi) is 3.27. The van der Waals surface area contributed by atoms with Crippen molar-refractivity contribution in [3.63, 3.8) is 0 Å². The van der Waals surface area contributed by atoms with E-state index in [0.29, 0.717) is 30.5 Å². The Balaban J connectivity index is 1.57.